The van der Waals surface area contributed by atoms with Gasteiger partial charge in [-0.2, -0.15) is 0 Å². The number of nitrogens with two attached hydrogens (primary N) is 1. The minimum atomic E-state index is -0.561. The van der Waals surface area contributed by atoms with Crippen molar-refractivity contribution in [3.05, 3.63) is 27.9 Å². The van der Waals surface area contributed by atoms with E-state index in [1.807, 2.05) is 11.9 Å². The molecule has 0 spiro atoms. The SMILES string of the molecule is CN(c1ncc([N+](=O)[O-])cc1C(N)=NO)C1CCC1. The largest absolute Gasteiger partial charge is 0.409 e. The molecule has 1 aliphatic carbocycles. The second-order valence-electron chi connectivity index (χ2n) is 4.50. The van der Waals surface area contributed by atoms with Gasteiger partial charge in [-0.25, -0.2) is 4.98 Å². The molecule has 1 aromatic heterocycles. The van der Waals surface area contributed by atoms with E-state index in [4.69, 9.17) is 10.9 Å². The lowest BCUT2D eigenvalue weighted by Crippen LogP contribution is -2.39. The monoisotopic (exact) mass is 265 g/mol. The predicted molar refractivity (Wildman–Crippen MR) is 69.4 cm³/mol. The zero-order chi connectivity index (χ0) is 14.0. The summed E-state index contributed by atoms with van der Waals surface area (Å²) in [6.07, 6.45) is 4.43. The maximum atomic E-state index is 10.8. The number of hydrogen-bond acceptors (Lipinski definition) is 6. The number of nitro groups is 1. The zero-order valence-corrected chi connectivity index (χ0v) is 10.5. The number of aromatic nitrogens is 1. The molecular formula is C11H15N5O3. The minimum Gasteiger partial charge on any atom is -0.409 e. The average molecular weight is 265 g/mol. The summed E-state index contributed by atoms with van der Waals surface area (Å²) in [5.41, 5.74) is 5.65. The average Bonchev–Trinajstić information content (AvgIpc) is 2.34. The minimum absolute atomic E-state index is 0.183. The van der Waals surface area contributed by atoms with Gasteiger partial charge in [0.2, 0.25) is 0 Å². The van der Waals surface area contributed by atoms with E-state index in [-0.39, 0.29) is 17.1 Å². The Bertz CT molecular complexity index is 527. The quantitative estimate of drug-likeness (QED) is 0.276. The van der Waals surface area contributed by atoms with Crippen molar-refractivity contribution in [2.45, 2.75) is 25.3 Å². The molecule has 1 aliphatic rings. The van der Waals surface area contributed by atoms with Crippen LogP contribution >= 0.6 is 0 Å². The molecule has 1 heterocycles. The number of anilines is 1. The number of oxime groups is 1. The second-order valence-corrected chi connectivity index (χ2v) is 4.50. The zero-order valence-electron chi connectivity index (χ0n) is 10.5. The second kappa shape index (κ2) is 5.09. The van der Waals surface area contributed by atoms with Crippen molar-refractivity contribution < 1.29 is 10.1 Å². The van der Waals surface area contributed by atoms with Gasteiger partial charge in [-0.1, -0.05) is 5.16 Å². The molecule has 0 unspecified atom stereocenters. The Balaban J connectivity index is 2.43. The molecule has 8 nitrogen and oxygen atoms in total. The van der Waals surface area contributed by atoms with Gasteiger partial charge in [-0.15, -0.1) is 0 Å². The first-order valence-electron chi connectivity index (χ1n) is 5.89. The first-order chi connectivity index (χ1) is 9.04. The molecule has 1 saturated carbocycles. The van der Waals surface area contributed by atoms with E-state index >= 15 is 0 Å². The number of amidine groups is 1. The molecule has 19 heavy (non-hydrogen) atoms. The van der Waals surface area contributed by atoms with Crippen molar-refractivity contribution in [2.24, 2.45) is 10.9 Å². The molecule has 0 atom stereocenters. The van der Waals surface area contributed by atoms with Gasteiger partial charge in [0.15, 0.2) is 5.84 Å². The molecule has 0 saturated heterocycles. The number of nitrogens with zero attached hydrogens (tertiary/aromatic N) is 4. The molecule has 0 amide bonds. The van der Waals surface area contributed by atoms with Gasteiger partial charge in [0.05, 0.1) is 10.5 Å². The maximum absolute atomic E-state index is 10.8. The van der Waals surface area contributed by atoms with Crippen LogP contribution in [0.15, 0.2) is 17.4 Å². The van der Waals surface area contributed by atoms with Crippen LogP contribution in [0.1, 0.15) is 24.8 Å². The summed E-state index contributed by atoms with van der Waals surface area (Å²) in [5.74, 6) is 0.308. The highest BCUT2D eigenvalue weighted by Gasteiger charge is 2.26. The Morgan fingerprint density at radius 1 is 1.68 bits per heavy atom. The van der Waals surface area contributed by atoms with Gasteiger partial charge in [0.25, 0.3) is 5.69 Å². The van der Waals surface area contributed by atoms with E-state index < -0.39 is 4.92 Å². The summed E-state index contributed by atoms with van der Waals surface area (Å²) < 4.78 is 0. The lowest BCUT2D eigenvalue weighted by atomic mass is 9.91. The van der Waals surface area contributed by atoms with Crippen LogP contribution in [0.4, 0.5) is 11.5 Å². The van der Waals surface area contributed by atoms with Crippen LogP contribution in [-0.4, -0.2) is 34.0 Å². The molecule has 0 radical (unpaired) electrons. The predicted octanol–water partition coefficient (Wildman–Crippen LogP) is 1.07. The Morgan fingerprint density at radius 2 is 2.37 bits per heavy atom. The number of rotatable bonds is 4. The highest BCUT2D eigenvalue weighted by molar-refractivity contribution is 6.02. The van der Waals surface area contributed by atoms with Crippen molar-refractivity contribution in [3.8, 4) is 0 Å². The summed E-state index contributed by atoms with van der Waals surface area (Å²) in [4.78, 5) is 16.2. The molecule has 102 valence electrons. The van der Waals surface area contributed by atoms with E-state index in [1.165, 1.54) is 12.3 Å². The molecule has 0 aliphatic heterocycles. The van der Waals surface area contributed by atoms with Crippen LogP contribution in [0.2, 0.25) is 0 Å². The fourth-order valence-electron chi connectivity index (χ4n) is 2.02. The molecule has 1 aromatic rings. The molecule has 0 aromatic carbocycles. The summed E-state index contributed by atoms with van der Waals surface area (Å²) in [6.45, 7) is 0. The van der Waals surface area contributed by atoms with Crippen LogP contribution in [0.5, 0.6) is 0 Å². The lowest BCUT2D eigenvalue weighted by molar-refractivity contribution is -0.385. The van der Waals surface area contributed by atoms with E-state index in [0.29, 0.717) is 11.9 Å². The lowest BCUT2D eigenvalue weighted by Gasteiger charge is -2.36. The third kappa shape index (κ3) is 2.42. The Hall–Kier alpha value is -2.38. The molecule has 0 bridgehead atoms. The molecule has 1 fully saturated rings. The van der Waals surface area contributed by atoms with Crippen molar-refractivity contribution in [2.75, 3.05) is 11.9 Å². The first kappa shape index (κ1) is 13.1. The molecule has 3 N–H and O–H groups in total. The standard InChI is InChI=1S/C11H15N5O3/c1-15(7-3-2-4-7)11-9(10(12)14-17)5-8(6-13-11)16(18)19/h5-7,17H,2-4H2,1H3,(H2,12,14). The van der Waals surface area contributed by atoms with Gasteiger partial charge in [0.1, 0.15) is 12.0 Å². The first-order valence-corrected chi connectivity index (χ1v) is 5.89. The Kier molecular flexibility index (Phi) is 3.50. The fourth-order valence-corrected chi connectivity index (χ4v) is 2.02. The maximum Gasteiger partial charge on any atom is 0.288 e. The van der Waals surface area contributed by atoms with E-state index in [2.05, 4.69) is 10.1 Å². The molecule has 8 heteroatoms. The third-order valence-corrected chi connectivity index (χ3v) is 3.40. The van der Waals surface area contributed by atoms with Crippen LogP contribution < -0.4 is 10.6 Å². The van der Waals surface area contributed by atoms with E-state index in [1.54, 1.807) is 0 Å². The third-order valence-electron chi connectivity index (χ3n) is 3.40. The normalized spacial score (nSPS) is 15.9. The van der Waals surface area contributed by atoms with Crippen molar-refractivity contribution >= 4 is 17.3 Å². The van der Waals surface area contributed by atoms with Crippen LogP contribution in [-0.2, 0) is 0 Å². The summed E-state index contributed by atoms with van der Waals surface area (Å²) >= 11 is 0. The van der Waals surface area contributed by atoms with Gasteiger partial charge in [0, 0.05) is 19.2 Å². The van der Waals surface area contributed by atoms with Crippen molar-refractivity contribution in [1.82, 2.24) is 4.98 Å². The summed E-state index contributed by atoms with van der Waals surface area (Å²) in [7, 11) is 1.85. The fraction of sp³-hybridized carbons (Fsp3) is 0.455. The van der Waals surface area contributed by atoms with E-state index in [0.717, 1.165) is 19.3 Å². The highest BCUT2D eigenvalue weighted by Crippen LogP contribution is 2.30. The van der Waals surface area contributed by atoms with Gasteiger partial charge in [-0.05, 0) is 19.3 Å². The Labute approximate surface area is 109 Å². The van der Waals surface area contributed by atoms with Crippen LogP contribution in [0, 0.1) is 10.1 Å². The number of pyridine rings is 1. The van der Waals surface area contributed by atoms with E-state index in [9.17, 15) is 10.1 Å². The summed E-state index contributed by atoms with van der Waals surface area (Å²) in [5, 5.41) is 22.4. The van der Waals surface area contributed by atoms with Crippen molar-refractivity contribution in [3.63, 3.8) is 0 Å². The molecule has 2 rings (SSSR count). The Morgan fingerprint density at radius 3 is 2.84 bits per heavy atom. The van der Waals surface area contributed by atoms with Gasteiger partial charge < -0.3 is 15.8 Å². The smallest absolute Gasteiger partial charge is 0.288 e. The molecular weight excluding hydrogens is 250 g/mol. The van der Waals surface area contributed by atoms with Crippen LogP contribution in [0.25, 0.3) is 0 Å². The number of hydrogen-bond donors (Lipinski definition) is 2. The van der Waals surface area contributed by atoms with Gasteiger partial charge in [-0.3, -0.25) is 10.1 Å². The highest BCUT2D eigenvalue weighted by atomic mass is 16.6. The van der Waals surface area contributed by atoms with Gasteiger partial charge >= 0.3 is 0 Å². The summed E-state index contributed by atoms with van der Waals surface area (Å²) in [6, 6.07) is 1.62. The van der Waals surface area contributed by atoms with Crippen molar-refractivity contribution in [1.29, 1.82) is 0 Å². The van der Waals surface area contributed by atoms with Crippen LogP contribution in [0.3, 0.4) is 0 Å². The topological polar surface area (TPSA) is 118 Å².